The van der Waals surface area contributed by atoms with Crippen LogP contribution in [0.15, 0.2) is 18.3 Å². The maximum Gasteiger partial charge on any atom is 0.249 e. The summed E-state index contributed by atoms with van der Waals surface area (Å²) in [5.41, 5.74) is 0. The molecule has 1 aromatic rings. The molecular weight excluding hydrogens is 302 g/mol. The van der Waals surface area contributed by atoms with Gasteiger partial charge >= 0.3 is 0 Å². The lowest BCUT2D eigenvalue weighted by atomic mass is 9.85. The molecule has 7 heteroatoms. The molecule has 2 aliphatic rings. The van der Waals surface area contributed by atoms with Gasteiger partial charge in [0, 0.05) is 11.1 Å². The number of rotatable bonds is 3. The highest BCUT2D eigenvalue weighted by Crippen LogP contribution is 2.36. The van der Waals surface area contributed by atoms with Crippen LogP contribution in [-0.4, -0.2) is 33.6 Å². The van der Waals surface area contributed by atoms with Crippen molar-refractivity contribution in [2.45, 2.75) is 32.7 Å². The summed E-state index contributed by atoms with van der Waals surface area (Å²) < 4.78 is 0. The van der Waals surface area contributed by atoms with Gasteiger partial charge in [0.1, 0.15) is 6.04 Å². The molecule has 0 spiro atoms. The van der Waals surface area contributed by atoms with Crippen LogP contribution in [-0.2, 0) is 14.4 Å². The van der Waals surface area contributed by atoms with E-state index < -0.39 is 6.04 Å². The summed E-state index contributed by atoms with van der Waals surface area (Å²) in [6, 6.07) is -0.824. The average Bonchev–Trinajstić information content (AvgIpc) is 3.01. The third-order valence-electron chi connectivity index (χ3n) is 4.16. The van der Waals surface area contributed by atoms with E-state index in [0.717, 1.165) is 9.78 Å². The topological polar surface area (TPSA) is 79.4 Å². The summed E-state index contributed by atoms with van der Waals surface area (Å²) in [6.45, 7) is 3.47. The Morgan fingerprint density at radius 1 is 1.32 bits per heavy atom. The number of carbonyl (C=O) groups is 3. The molecule has 1 fully saturated rings. The molecule has 1 N–H and O–H groups in total. The fraction of sp³-hybridized carbons (Fsp3) is 0.467. The Kier molecular flexibility index (Phi) is 3.82. The molecule has 0 bridgehead atoms. The number of aromatic nitrogens is 1. The van der Waals surface area contributed by atoms with E-state index in [1.165, 1.54) is 11.3 Å². The number of fused-ring (bicyclic) bond motifs is 1. The maximum atomic E-state index is 12.4. The largest absolute Gasteiger partial charge is 0.300 e. The van der Waals surface area contributed by atoms with E-state index in [1.807, 2.05) is 19.1 Å². The lowest BCUT2D eigenvalue weighted by Crippen LogP contribution is -2.46. The van der Waals surface area contributed by atoms with Crippen LogP contribution in [0.4, 0.5) is 5.13 Å². The van der Waals surface area contributed by atoms with E-state index >= 15 is 0 Å². The molecule has 3 rings (SSSR count). The quantitative estimate of drug-likeness (QED) is 0.680. The summed E-state index contributed by atoms with van der Waals surface area (Å²) in [4.78, 5) is 43.3. The smallest absolute Gasteiger partial charge is 0.249 e. The Morgan fingerprint density at radius 2 is 1.91 bits per heavy atom. The van der Waals surface area contributed by atoms with Crippen molar-refractivity contribution < 1.29 is 14.4 Å². The highest BCUT2D eigenvalue weighted by molar-refractivity contribution is 7.15. The number of nitrogens with one attached hydrogen (secondary N) is 1. The first-order valence-corrected chi connectivity index (χ1v) is 8.06. The molecule has 2 heterocycles. The Labute approximate surface area is 132 Å². The number of anilines is 1. The standard InChI is InChI=1S/C15H17N3O3S/c1-8-7-16-15(22-8)17-12(19)9(2)18-13(20)10-5-3-4-6-11(10)14(18)21/h3-4,7,9-11H,5-6H2,1-2H3,(H,16,17,19)/t9-,10?,11?/m1/s1. The van der Waals surface area contributed by atoms with Gasteiger partial charge in [-0.25, -0.2) is 4.98 Å². The second-order valence-electron chi connectivity index (χ2n) is 5.64. The molecule has 1 saturated heterocycles. The summed E-state index contributed by atoms with van der Waals surface area (Å²) in [6.07, 6.45) is 6.67. The van der Waals surface area contributed by atoms with Crippen LogP contribution in [0.2, 0.25) is 0 Å². The molecule has 0 aromatic carbocycles. The molecule has 0 saturated carbocycles. The maximum absolute atomic E-state index is 12.4. The van der Waals surface area contributed by atoms with Gasteiger partial charge in [-0.05, 0) is 26.7 Å². The third kappa shape index (κ3) is 2.45. The van der Waals surface area contributed by atoms with Gasteiger partial charge in [0.25, 0.3) is 0 Å². The van der Waals surface area contributed by atoms with Crippen molar-refractivity contribution in [2.75, 3.05) is 5.32 Å². The summed E-state index contributed by atoms with van der Waals surface area (Å²) in [5.74, 6) is -1.48. The monoisotopic (exact) mass is 319 g/mol. The molecule has 2 unspecified atom stereocenters. The van der Waals surface area contributed by atoms with E-state index in [-0.39, 0.29) is 29.6 Å². The number of hydrogen-bond acceptors (Lipinski definition) is 5. The molecule has 3 amide bonds. The normalized spacial score (nSPS) is 25.3. The molecule has 0 radical (unpaired) electrons. The van der Waals surface area contributed by atoms with Crippen LogP contribution >= 0.6 is 11.3 Å². The van der Waals surface area contributed by atoms with Gasteiger partial charge in [-0.1, -0.05) is 12.2 Å². The van der Waals surface area contributed by atoms with Gasteiger partial charge in [0.2, 0.25) is 17.7 Å². The molecular formula is C15H17N3O3S. The molecule has 3 atom stereocenters. The lowest BCUT2D eigenvalue weighted by Gasteiger charge is -2.21. The number of hydrogen-bond donors (Lipinski definition) is 1. The van der Waals surface area contributed by atoms with Crippen LogP contribution in [0.25, 0.3) is 0 Å². The second kappa shape index (κ2) is 5.64. The molecule has 6 nitrogen and oxygen atoms in total. The Hall–Kier alpha value is -2.02. The van der Waals surface area contributed by atoms with Crippen molar-refractivity contribution in [1.29, 1.82) is 0 Å². The number of nitrogens with zero attached hydrogens (tertiary/aromatic N) is 2. The van der Waals surface area contributed by atoms with Crippen LogP contribution in [0.3, 0.4) is 0 Å². The number of aryl methyl sites for hydroxylation is 1. The SMILES string of the molecule is Cc1cnc(NC(=O)[C@@H](C)N2C(=O)C3CC=CCC3C2=O)s1. The van der Waals surface area contributed by atoms with Gasteiger partial charge in [0.15, 0.2) is 5.13 Å². The molecule has 116 valence electrons. The fourth-order valence-electron chi connectivity index (χ4n) is 2.95. The molecule has 1 aliphatic heterocycles. The van der Waals surface area contributed by atoms with Crippen molar-refractivity contribution in [2.24, 2.45) is 11.8 Å². The van der Waals surface area contributed by atoms with Gasteiger partial charge in [-0.3, -0.25) is 19.3 Å². The summed E-state index contributed by atoms with van der Waals surface area (Å²) in [5, 5.41) is 3.15. The number of thiazole rings is 1. The number of amides is 3. The zero-order valence-electron chi connectivity index (χ0n) is 12.4. The number of carbonyl (C=O) groups excluding carboxylic acids is 3. The Morgan fingerprint density at radius 3 is 2.41 bits per heavy atom. The predicted octanol–water partition coefficient (Wildman–Crippen LogP) is 1.73. The third-order valence-corrected chi connectivity index (χ3v) is 4.99. The zero-order chi connectivity index (χ0) is 15.9. The van der Waals surface area contributed by atoms with E-state index in [9.17, 15) is 14.4 Å². The summed E-state index contributed by atoms with van der Waals surface area (Å²) >= 11 is 1.36. The van der Waals surface area contributed by atoms with E-state index in [2.05, 4.69) is 10.3 Å². The van der Waals surface area contributed by atoms with E-state index in [4.69, 9.17) is 0 Å². The van der Waals surface area contributed by atoms with Crippen LogP contribution < -0.4 is 5.32 Å². The van der Waals surface area contributed by atoms with Crippen LogP contribution in [0.1, 0.15) is 24.6 Å². The predicted molar refractivity (Wildman–Crippen MR) is 82.1 cm³/mol. The van der Waals surface area contributed by atoms with Crippen LogP contribution in [0.5, 0.6) is 0 Å². The first-order valence-electron chi connectivity index (χ1n) is 7.24. The van der Waals surface area contributed by atoms with Gasteiger partial charge in [0.05, 0.1) is 11.8 Å². The van der Waals surface area contributed by atoms with Crippen LogP contribution in [0, 0.1) is 18.8 Å². The van der Waals surface area contributed by atoms with Crippen molar-refractivity contribution in [3.05, 3.63) is 23.2 Å². The second-order valence-corrected chi connectivity index (χ2v) is 6.88. The Balaban J connectivity index is 1.74. The van der Waals surface area contributed by atoms with Gasteiger partial charge < -0.3 is 5.32 Å². The number of imide groups is 1. The zero-order valence-corrected chi connectivity index (χ0v) is 13.2. The van der Waals surface area contributed by atoms with Crippen molar-refractivity contribution in [1.82, 2.24) is 9.88 Å². The summed E-state index contributed by atoms with van der Waals surface area (Å²) in [7, 11) is 0. The minimum Gasteiger partial charge on any atom is -0.300 e. The molecule has 22 heavy (non-hydrogen) atoms. The first kappa shape index (κ1) is 14.9. The first-order chi connectivity index (χ1) is 10.5. The highest BCUT2D eigenvalue weighted by atomic mass is 32.1. The van der Waals surface area contributed by atoms with E-state index in [1.54, 1.807) is 13.1 Å². The highest BCUT2D eigenvalue weighted by Gasteiger charge is 2.50. The average molecular weight is 319 g/mol. The van der Waals surface area contributed by atoms with Crippen molar-refractivity contribution in [3.63, 3.8) is 0 Å². The van der Waals surface area contributed by atoms with Gasteiger partial charge in [-0.2, -0.15) is 0 Å². The molecule has 1 aliphatic carbocycles. The van der Waals surface area contributed by atoms with Crippen molar-refractivity contribution in [3.8, 4) is 0 Å². The number of allylic oxidation sites excluding steroid dienone is 2. The van der Waals surface area contributed by atoms with E-state index in [0.29, 0.717) is 18.0 Å². The Bertz CT molecular complexity index is 641. The van der Waals surface area contributed by atoms with Gasteiger partial charge in [-0.15, -0.1) is 11.3 Å². The minimum atomic E-state index is -0.824. The molecule has 1 aromatic heterocycles. The lowest BCUT2D eigenvalue weighted by molar-refractivity contribution is -0.146. The minimum absolute atomic E-state index is 0.239. The fourth-order valence-corrected chi connectivity index (χ4v) is 3.61. The number of likely N-dealkylation sites (tertiary alicyclic amines) is 1. The van der Waals surface area contributed by atoms with Crippen molar-refractivity contribution >= 4 is 34.2 Å².